The number of nitrogens with zero attached hydrogens (tertiary/aromatic N) is 2. The highest BCUT2D eigenvalue weighted by molar-refractivity contribution is 8.01. The summed E-state index contributed by atoms with van der Waals surface area (Å²) >= 11 is 1.54. The molecule has 0 bridgehead atoms. The van der Waals surface area contributed by atoms with Crippen molar-refractivity contribution < 1.29 is 19.1 Å². The summed E-state index contributed by atoms with van der Waals surface area (Å²) in [5, 5.41) is 8.83. The van der Waals surface area contributed by atoms with E-state index in [0.29, 0.717) is 18.6 Å². The zero-order chi connectivity index (χ0) is 16.5. The first kappa shape index (κ1) is 16.4. The topological polar surface area (TPSA) is 113 Å². The molecule has 22 heavy (non-hydrogen) atoms. The number of nitriles is 1. The van der Waals surface area contributed by atoms with Gasteiger partial charge in [-0.2, -0.15) is 5.26 Å². The van der Waals surface area contributed by atoms with Crippen LogP contribution in [0, 0.1) is 11.3 Å². The van der Waals surface area contributed by atoms with Crippen molar-refractivity contribution in [1.29, 1.82) is 5.26 Å². The number of rotatable bonds is 4. The predicted octanol–water partition coefficient (Wildman–Crippen LogP) is 0.309. The van der Waals surface area contributed by atoms with Crippen LogP contribution >= 0.6 is 11.8 Å². The Kier molecular flexibility index (Phi) is 4.47. The lowest BCUT2D eigenvalue weighted by molar-refractivity contribution is -0.155. The number of Topliss-reactive ketones (excluding diaryl/α,β-unsaturated/α-hetero) is 1. The quantitative estimate of drug-likeness (QED) is 0.450. The highest BCUT2D eigenvalue weighted by Gasteiger charge is 2.53. The molecule has 0 aliphatic carbocycles. The van der Waals surface area contributed by atoms with Crippen molar-refractivity contribution in [1.82, 2.24) is 4.90 Å². The lowest BCUT2D eigenvalue weighted by atomic mass is 10.1. The molecule has 2 heterocycles. The van der Waals surface area contributed by atoms with Crippen molar-refractivity contribution in [3.05, 3.63) is 11.3 Å². The second-order valence-electron chi connectivity index (χ2n) is 5.47. The monoisotopic (exact) mass is 323 g/mol. The van der Waals surface area contributed by atoms with Crippen molar-refractivity contribution in [3.8, 4) is 6.07 Å². The molecule has 0 aromatic heterocycles. The van der Waals surface area contributed by atoms with Crippen LogP contribution in [-0.4, -0.2) is 45.8 Å². The first-order chi connectivity index (χ1) is 10.3. The van der Waals surface area contributed by atoms with Crippen LogP contribution in [0.5, 0.6) is 0 Å². The third-order valence-corrected chi connectivity index (χ3v) is 5.35. The summed E-state index contributed by atoms with van der Waals surface area (Å²) in [6.07, 6.45) is 1.12. The average Bonchev–Trinajstić information content (AvgIpc) is 2.94. The van der Waals surface area contributed by atoms with Gasteiger partial charge in [-0.3, -0.25) is 9.59 Å². The summed E-state index contributed by atoms with van der Waals surface area (Å²) in [6, 6.07) is 1.02. The number of hydrogen-bond acceptors (Lipinski definition) is 7. The van der Waals surface area contributed by atoms with Crippen LogP contribution in [0.4, 0.5) is 0 Å². The minimum atomic E-state index is -0.675. The van der Waals surface area contributed by atoms with Gasteiger partial charge in [0.05, 0.1) is 4.87 Å². The summed E-state index contributed by atoms with van der Waals surface area (Å²) < 4.78 is 4.99. The van der Waals surface area contributed by atoms with Crippen molar-refractivity contribution >= 4 is 29.4 Å². The molecule has 8 heteroatoms. The van der Waals surface area contributed by atoms with E-state index in [1.807, 2.05) is 6.92 Å². The lowest BCUT2D eigenvalue weighted by Crippen LogP contribution is -2.47. The fraction of sp³-hybridized carbons (Fsp3) is 0.571. The van der Waals surface area contributed by atoms with E-state index in [2.05, 4.69) is 0 Å². The highest BCUT2D eigenvalue weighted by Crippen LogP contribution is 2.47. The normalized spacial score (nSPS) is 28.0. The summed E-state index contributed by atoms with van der Waals surface area (Å²) in [5.74, 6) is -0.883. The Morgan fingerprint density at radius 1 is 1.59 bits per heavy atom. The zero-order valence-electron chi connectivity index (χ0n) is 12.4. The molecule has 0 radical (unpaired) electrons. The summed E-state index contributed by atoms with van der Waals surface area (Å²) in [7, 11) is 0. The molecule has 2 aliphatic heterocycles. The van der Waals surface area contributed by atoms with Crippen LogP contribution in [0.25, 0.3) is 0 Å². The van der Waals surface area contributed by atoms with E-state index in [9.17, 15) is 14.4 Å². The van der Waals surface area contributed by atoms with Gasteiger partial charge in [-0.25, -0.2) is 4.79 Å². The average molecular weight is 323 g/mol. The Morgan fingerprint density at radius 2 is 2.27 bits per heavy atom. The Bertz CT molecular complexity index is 606. The summed E-state index contributed by atoms with van der Waals surface area (Å²) in [4.78, 5) is 37.0. The number of allylic oxidation sites excluding steroid dienone is 1. The van der Waals surface area contributed by atoms with E-state index in [-0.39, 0.29) is 22.0 Å². The number of hydrogen-bond donors (Lipinski definition) is 1. The number of carbonyl (C=O) groups is 3. The van der Waals surface area contributed by atoms with Crippen molar-refractivity contribution in [3.63, 3.8) is 0 Å². The minimum Gasteiger partial charge on any atom is -0.456 e. The van der Waals surface area contributed by atoms with Crippen molar-refractivity contribution in [2.45, 2.75) is 37.6 Å². The molecule has 1 amide bonds. The van der Waals surface area contributed by atoms with Crippen molar-refractivity contribution in [2.75, 3.05) is 12.4 Å². The third kappa shape index (κ3) is 2.81. The van der Waals surface area contributed by atoms with E-state index in [1.165, 1.54) is 6.92 Å². The molecule has 2 unspecified atom stereocenters. The third-order valence-electron chi connectivity index (χ3n) is 3.85. The van der Waals surface area contributed by atoms with Crippen LogP contribution in [0.2, 0.25) is 0 Å². The first-order valence-electron chi connectivity index (χ1n) is 6.82. The van der Waals surface area contributed by atoms with Gasteiger partial charge in [-0.05, 0) is 20.3 Å². The van der Waals surface area contributed by atoms with Gasteiger partial charge in [0.1, 0.15) is 17.7 Å². The number of ether oxygens (including phenoxy) is 1. The van der Waals surface area contributed by atoms with E-state index < -0.39 is 24.4 Å². The van der Waals surface area contributed by atoms with Gasteiger partial charge in [0.2, 0.25) is 11.7 Å². The molecule has 2 fully saturated rings. The predicted molar refractivity (Wildman–Crippen MR) is 79.2 cm³/mol. The van der Waals surface area contributed by atoms with Gasteiger partial charge in [-0.15, -0.1) is 11.8 Å². The van der Waals surface area contributed by atoms with Gasteiger partial charge in [0, 0.05) is 17.9 Å². The minimum absolute atomic E-state index is 0.0730. The van der Waals surface area contributed by atoms with Gasteiger partial charge in [-0.1, -0.05) is 0 Å². The molecule has 0 spiro atoms. The number of esters is 1. The molecular weight excluding hydrogens is 306 g/mol. The van der Waals surface area contributed by atoms with E-state index in [0.717, 1.165) is 0 Å². The molecule has 2 aliphatic rings. The molecule has 0 saturated carbocycles. The summed E-state index contributed by atoms with van der Waals surface area (Å²) in [5.41, 5.74) is 5.29. The van der Waals surface area contributed by atoms with E-state index >= 15 is 0 Å². The van der Waals surface area contributed by atoms with E-state index in [1.54, 1.807) is 22.7 Å². The molecule has 2 rings (SSSR count). The molecule has 2 N–H and O–H groups in total. The molecule has 0 aromatic rings. The SMILES string of the molecule is C/C(N)=C(/C#N)C(=O)COC(=O)C1CSC2(C)CCC(=O)N12. The number of ketones is 1. The van der Waals surface area contributed by atoms with E-state index in [4.69, 9.17) is 15.7 Å². The molecule has 2 saturated heterocycles. The number of nitrogens with two attached hydrogens (primary N) is 1. The van der Waals surface area contributed by atoms with Gasteiger partial charge >= 0.3 is 5.97 Å². The lowest BCUT2D eigenvalue weighted by Gasteiger charge is -2.29. The molecule has 2 atom stereocenters. The van der Waals surface area contributed by atoms with Gasteiger partial charge in [0.15, 0.2) is 6.61 Å². The fourth-order valence-electron chi connectivity index (χ4n) is 2.67. The van der Waals surface area contributed by atoms with Crippen LogP contribution in [0.15, 0.2) is 11.3 Å². The number of fused-ring (bicyclic) bond motifs is 1. The zero-order valence-corrected chi connectivity index (χ0v) is 13.2. The smallest absolute Gasteiger partial charge is 0.330 e. The molecule has 0 aromatic carbocycles. The standard InChI is InChI=1S/C14H17N3O4S/c1-8(16)9(5-15)11(18)6-21-13(20)10-7-22-14(2)4-3-12(19)17(10)14/h10H,3-4,6-7,16H2,1-2H3/b9-8+. The maximum atomic E-state index is 12.1. The van der Waals surface area contributed by atoms with Crippen LogP contribution in [0.3, 0.4) is 0 Å². The van der Waals surface area contributed by atoms with Crippen LogP contribution < -0.4 is 5.73 Å². The van der Waals surface area contributed by atoms with Gasteiger partial charge in [0.25, 0.3) is 0 Å². The van der Waals surface area contributed by atoms with Crippen LogP contribution in [-0.2, 0) is 19.1 Å². The molecule has 118 valence electrons. The Hall–Kier alpha value is -2.01. The summed E-state index contributed by atoms with van der Waals surface area (Å²) in [6.45, 7) is 2.81. The van der Waals surface area contributed by atoms with Crippen LogP contribution in [0.1, 0.15) is 26.7 Å². The van der Waals surface area contributed by atoms with Gasteiger partial charge < -0.3 is 15.4 Å². The van der Waals surface area contributed by atoms with Crippen molar-refractivity contribution in [2.24, 2.45) is 5.73 Å². The first-order valence-corrected chi connectivity index (χ1v) is 7.81. The second kappa shape index (κ2) is 6.01. The largest absolute Gasteiger partial charge is 0.456 e. The fourth-order valence-corrected chi connectivity index (χ4v) is 4.09. The Morgan fingerprint density at radius 3 is 2.86 bits per heavy atom. The Labute approximate surface area is 132 Å². The Balaban J connectivity index is 2.00. The maximum Gasteiger partial charge on any atom is 0.330 e. The maximum absolute atomic E-state index is 12.1. The molecule has 7 nitrogen and oxygen atoms in total. The number of amides is 1. The number of thioether (sulfide) groups is 1. The second-order valence-corrected chi connectivity index (χ2v) is 6.97. The molecular formula is C14H17N3O4S. The highest BCUT2D eigenvalue weighted by atomic mass is 32.2. The number of carbonyl (C=O) groups excluding carboxylic acids is 3.